The molecule has 1 heterocycles. The van der Waals surface area contributed by atoms with Crippen LogP contribution in [-0.2, 0) is 6.42 Å². The molecule has 3 nitrogen and oxygen atoms in total. The second kappa shape index (κ2) is 6.17. The van der Waals surface area contributed by atoms with Crippen LogP contribution >= 0.6 is 23.2 Å². The lowest BCUT2D eigenvalue weighted by molar-refractivity contribution is 0.104. The summed E-state index contributed by atoms with van der Waals surface area (Å²) in [6.07, 6.45) is 2.47. The van der Waals surface area contributed by atoms with Crippen molar-refractivity contribution in [3.8, 4) is 5.69 Å². The normalized spacial score (nSPS) is 15.0. The third-order valence-electron chi connectivity index (χ3n) is 4.35. The van der Waals surface area contributed by atoms with Crippen molar-refractivity contribution in [1.82, 2.24) is 9.78 Å². The molecule has 1 aliphatic rings. The van der Waals surface area contributed by atoms with Crippen LogP contribution in [0.25, 0.3) is 11.8 Å². The Morgan fingerprint density at radius 2 is 1.92 bits per heavy atom. The highest BCUT2D eigenvalue weighted by Crippen LogP contribution is 2.31. The summed E-state index contributed by atoms with van der Waals surface area (Å²) in [5.41, 5.74) is 4.86. The second-order valence-electron chi connectivity index (χ2n) is 6.01. The van der Waals surface area contributed by atoms with Gasteiger partial charge in [-0.1, -0.05) is 53.5 Å². The van der Waals surface area contributed by atoms with Crippen LogP contribution in [0.1, 0.15) is 27.2 Å². The predicted molar refractivity (Wildman–Crippen MR) is 101 cm³/mol. The summed E-state index contributed by atoms with van der Waals surface area (Å²) in [6, 6.07) is 15.0. The third kappa shape index (κ3) is 2.80. The first-order valence-electron chi connectivity index (χ1n) is 7.89. The zero-order chi connectivity index (χ0) is 17.6. The standard InChI is InChI=1S/C20H14Cl2N2O/c1-12-18(10-14-9-13-5-2-3-8-17(13)19(14)25)20(22)24(23-12)16-7-4-6-15(21)11-16/h2-8,10-11H,9H2,1H3. The molecule has 124 valence electrons. The topological polar surface area (TPSA) is 34.9 Å². The Morgan fingerprint density at radius 3 is 2.68 bits per heavy atom. The Balaban J connectivity index is 1.77. The van der Waals surface area contributed by atoms with Gasteiger partial charge in [0.15, 0.2) is 5.78 Å². The zero-order valence-electron chi connectivity index (χ0n) is 13.5. The SMILES string of the molecule is Cc1nn(-c2cccc(Cl)c2)c(Cl)c1C=C1Cc2ccccc2C1=O. The first-order chi connectivity index (χ1) is 12.0. The van der Waals surface area contributed by atoms with Gasteiger partial charge in [-0.3, -0.25) is 4.79 Å². The fourth-order valence-corrected chi connectivity index (χ4v) is 3.61. The summed E-state index contributed by atoms with van der Waals surface area (Å²) in [7, 11) is 0. The van der Waals surface area contributed by atoms with E-state index < -0.39 is 0 Å². The van der Waals surface area contributed by atoms with E-state index in [0.717, 1.165) is 33.6 Å². The van der Waals surface area contributed by atoms with E-state index in [4.69, 9.17) is 23.2 Å². The molecule has 0 amide bonds. The van der Waals surface area contributed by atoms with Crippen molar-refractivity contribution in [2.75, 3.05) is 0 Å². The third-order valence-corrected chi connectivity index (χ3v) is 4.95. The van der Waals surface area contributed by atoms with Gasteiger partial charge in [0.25, 0.3) is 0 Å². The molecule has 1 aliphatic carbocycles. The molecular formula is C20H14Cl2N2O. The number of halogens is 2. The summed E-state index contributed by atoms with van der Waals surface area (Å²) in [4.78, 5) is 12.6. The number of carbonyl (C=O) groups is 1. The molecule has 3 aromatic rings. The molecule has 0 spiro atoms. The van der Waals surface area contributed by atoms with E-state index in [9.17, 15) is 4.79 Å². The summed E-state index contributed by atoms with van der Waals surface area (Å²) in [5, 5.41) is 5.59. The van der Waals surface area contributed by atoms with Crippen LogP contribution in [-0.4, -0.2) is 15.6 Å². The zero-order valence-corrected chi connectivity index (χ0v) is 15.0. The van der Waals surface area contributed by atoms with Gasteiger partial charge >= 0.3 is 0 Å². The van der Waals surface area contributed by atoms with E-state index in [-0.39, 0.29) is 5.78 Å². The minimum Gasteiger partial charge on any atom is -0.289 e. The summed E-state index contributed by atoms with van der Waals surface area (Å²) in [6.45, 7) is 1.88. The van der Waals surface area contributed by atoms with Gasteiger partial charge in [0.1, 0.15) is 5.15 Å². The second-order valence-corrected chi connectivity index (χ2v) is 6.81. The summed E-state index contributed by atoms with van der Waals surface area (Å²) in [5.74, 6) is 0.0570. The average Bonchev–Trinajstić information content (AvgIpc) is 3.07. The van der Waals surface area contributed by atoms with Gasteiger partial charge < -0.3 is 0 Å². The number of hydrogen-bond acceptors (Lipinski definition) is 2. The quantitative estimate of drug-likeness (QED) is 0.574. The van der Waals surface area contributed by atoms with Crippen molar-refractivity contribution < 1.29 is 4.79 Å². The van der Waals surface area contributed by atoms with Gasteiger partial charge in [0.05, 0.1) is 11.4 Å². The number of rotatable bonds is 2. The highest BCUT2D eigenvalue weighted by Gasteiger charge is 2.25. The molecule has 0 atom stereocenters. The van der Waals surface area contributed by atoms with Crippen LogP contribution < -0.4 is 0 Å². The molecule has 2 aromatic carbocycles. The molecule has 0 bridgehead atoms. The molecule has 0 fully saturated rings. The molecule has 4 rings (SSSR count). The van der Waals surface area contributed by atoms with Crippen molar-refractivity contribution in [1.29, 1.82) is 0 Å². The first kappa shape index (κ1) is 16.1. The molecule has 0 aliphatic heterocycles. The fourth-order valence-electron chi connectivity index (χ4n) is 3.10. The number of nitrogens with zero attached hydrogens (tertiary/aromatic N) is 2. The Labute approximate surface area is 155 Å². The van der Waals surface area contributed by atoms with Gasteiger partial charge in [-0.15, -0.1) is 0 Å². The van der Waals surface area contributed by atoms with Crippen molar-refractivity contribution in [2.24, 2.45) is 0 Å². The number of allylic oxidation sites excluding steroid dienone is 1. The Morgan fingerprint density at radius 1 is 1.12 bits per heavy atom. The maximum atomic E-state index is 12.6. The average molecular weight is 369 g/mol. The molecule has 0 unspecified atom stereocenters. The summed E-state index contributed by atoms with van der Waals surface area (Å²) < 4.78 is 1.64. The number of fused-ring (bicyclic) bond motifs is 1. The first-order valence-corrected chi connectivity index (χ1v) is 8.64. The van der Waals surface area contributed by atoms with E-state index >= 15 is 0 Å². The van der Waals surface area contributed by atoms with Crippen LogP contribution in [0.3, 0.4) is 0 Å². The van der Waals surface area contributed by atoms with Gasteiger partial charge in [-0.2, -0.15) is 5.10 Å². The summed E-state index contributed by atoms with van der Waals surface area (Å²) >= 11 is 12.6. The van der Waals surface area contributed by atoms with Crippen LogP contribution in [0.4, 0.5) is 0 Å². The number of aryl methyl sites for hydroxylation is 1. The lowest BCUT2D eigenvalue weighted by Gasteiger charge is -2.03. The highest BCUT2D eigenvalue weighted by atomic mass is 35.5. The smallest absolute Gasteiger partial charge is 0.189 e. The van der Waals surface area contributed by atoms with Gasteiger partial charge in [0.2, 0.25) is 0 Å². The van der Waals surface area contributed by atoms with Gasteiger partial charge in [-0.05, 0) is 36.8 Å². The van der Waals surface area contributed by atoms with Crippen molar-refractivity contribution >= 4 is 35.1 Å². The molecular weight excluding hydrogens is 355 g/mol. The van der Waals surface area contributed by atoms with Crippen LogP contribution in [0.15, 0.2) is 54.1 Å². The van der Waals surface area contributed by atoms with E-state index in [1.165, 1.54) is 0 Å². The molecule has 25 heavy (non-hydrogen) atoms. The number of ketones is 1. The molecule has 0 radical (unpaired) electrons. The number of hydrogen-bond donors (Lipinski definition) is 0. The minimum absolute atomic E-state index is 0.0570. The van der Waals surface area contributed by atoms with Crippen molar-refractivity contribution in [3.63, 3.8) is 0 Å². The van der Waals surface area contributed by atoms with E-state index in [1.54, 1.807) is 16.8 Å². The molecule has 1 aromatic heterocycles. The maximum Gasteiger partial charge on any atom is 0.189 e. The number of aromatic nitrogens is 2. The van der Waals surface area contributed by atoms with Crippen molar-refractivity contribution in [3.05, 3.63) is 86.7 Å². The van der Waals surface area contributed by atoms with Crippen LogP contribution in [0.2, 0.25) is 10.2 Å². The Hall–Kier alpha value is -2.36. The lowest BCUT2D eigenvalue weighted by Crippen LogP contribution is -1.96. The minimum atomic E-state index is 0.0570. The highest BCUT2D eigenvalue weighted by molar-refractivity contribution is 6.32. The molecule has 0 saturated heterocycles. The van der Waals surface area contributed by atoms with E-state index in [2.05, 4.69) is 5.10 Å². The number of benzene rings is 2. The monoisotopic (exact) mass is 368 g/mol. The molecule has 0 N–H and O–H groups in total. The largest absolute Gasteiger partial charge is 0.289 e. The Bertz CT molecular complexity index is 1030. The molecule has 5 heteroatoms. The maximum absolute atomic E-state index is 12.6. The van der Waals surface area contributed by atoms with Gasteiger partial charge in [-0.25, -0.2) is 4.68 Å². The van der Waals surface area contributed by atoms with Gasteiger partial charge in [0, 0.05) is 28.1 Å². The predicted octanol–water partition coefficient (Wildman–Crippen LogP) is 5.31. The van der Waals surface area contributed by atoms with Crippen LogP contribution in [0, 0.1) is 6.92 Å². The Kier molecular flexibility index (Phi) is 3.98. The van der Waals surface area contributed by atoms with Crippen LogP contribution in [0.5, 0.6) is 0 Å². The van der Waals surface area contributed by atoms with Crippen molar-refractivity contribution in [2.45, 2.75) is 13.3 Å². The lowest BCUT2D eigenvalue weighted by atomic mass is 10.1. The number of carbonyl (C=O) groups excluding carboxylic acids is 1. The van der Waals surface area contributed by atoms with E-state index in [1.807, 2.05) is 49.4 Å². The number of Topliss-reactive ketones (excluding diaryl/α,β-unsaturated/α-hetero) is 1. The fraction of sp³-hybridized carbons (Fsp3) is 0.100. The van der Waals surface area contributed by atoms with E-state index in [0.29, 0.717) is 16.6 Å². The molecule has 0 saturated carbocycles.